The summed E-state index contributed by atoms with van der Waals surface area (Å²) in [6, 6.07) is 13.6. The molecule has 0 bridgehead atoms. The minimum Gasteiger partial charge on any atom is -0.391 e. The monoisotopic (exact) mass is 498 g/mol. The normalized spacial score (nSPS) is 14.3. The fourth-order valence-corrected chi connectivity index (χ4v) is 4.08. The molecule has 8 nitrogen and oxygen atoms in total. The Labute approximate surface area is 209 Å². The van der Waals surface area contributed by atoms with Crippen LogP contribution in [0.15, 0.2) is 54.7 Å². The summed E-state index contributed by atoms with van der Waals surface area (Å²) in [7, 11) is 0. The number of fused-ring (bicyclic) bond motifs is 1. The van der Waals surface area contributed by atoms with E-state index in [0.29, 0.717) is 28.9 Å². The van der Waals surface area contributed by atoms with Crippen LogP contribution in [0.1, 0.15) is 49.2 Å². The topological polar surface area (TPSA) is 138 Å². The molecule has 1 aromatic heterocycles. The summed E-state index contributed by atoms with van der Waals surface area (Å²) in [4.78, 5) is 33.8. The Morgan fingerprint density at radius 1 is 1.14 bits per heavy atom. The van der Waals surface area contributed by atoms with Crippen LogP contribution < -0.4 is 11.1 Å². The zero-order valence-electron chi connectivity index (χ0n) is 19.8. The molecule has 0 saturated carbocycles. The van der Waals surface area contributed by atoms with Crippen molar-refractivity contribution in [2.45, 2.75) is 57.3 Å². The van der Waals surface area contributed by atoms with Crippen molar-refractivity contribution < 1.29 is 19.8 Å². The lowest BCUT2D eigenvalue weighted by molar-refractivity contribution is -0.123. The van der Waals surface area contributed by atoms with Crippen molar-refractivity contribution in [2.75, 3.05) is 0 Å². The van der Waals surface area contributed by atoms with Gasteiger partial charge in [-0.05, 0) is 69.4 Å². The lowest BCUT2D eigenvalue weighted by Gasteiger charge is -2.28. The number of aliphatic hydroxyl groups excluding tert-OH is 1. The van der Waals surface area contributed by atoms with Crippen molar-refractivity contribution in [3.63, 3.8) is 0 Å². The third-order valence-corrected chi connectivity index (χ3v) is 6.07. The van der Waals surface area contributed by atoms with Crippen molar-refractivity contribution in [3.05, 3.63) is 71.0 Å². The first-order chi connectivity index (χ1) is 16.5. The van der Waals surface area contributed by atoms with E-state index >= 15 is 0 Å². The van der Waals surface area contributed by atoms with Gasteiger partial charge in [0.1, 0.15) is 5.69 Å². The molecule has 9 heteroatoms. The number of amides is 2. The number of nitrogens with two attached hydrogens (primary N) is 1. The number of halogens is 1. The maximum Gasteiger partial charge on any atom is 0.271 e. The third kappa shape index (κ3) is 7.99. The van der Waals surface area contributed by atoms with Crippen LogP contribution in [0.4, 0.5) is 0 Å². The van der Waals surface area contributed by atoms with Gasteiger partial charge in [-0.3, -0.25) is 14.6 Å². The van der Waals surface area contributed by atoms with Gasteiger partial charge >= 0.3 is 0 Å². The van der Waals surface area contributed by atoms with Crippen LogP contribution in [0.2, 0.25) is 5.02 Å². The quantitative estimate of drug-likeness (QED) is 0.320. The Morgan fingerprint density at radius 3 is 2.51 bits per heavy atom. The molecule has 0 aliphatic rings. The highest BCUT2D eigenvalue weighted by Crippen LogP contribution is 2.22. The molecule has 0 spiro atoms. The molecule has 1 heterocycles. The second-order valence-electron chi connectivity index (χ2n) is 9.41. The summed E-state index contributed by atoms with van der Waals surface area (Å²) in [6.45, 7) is 3.29. The van der Waals surface area contributed by atoms with Crippen molar-refractivity contribution in [3.8, 4) is 0 Å². The maximum absolute atomic E-state index is 13.1. The van der Waals surface area contributed by atoms with Gasteiger partial charge in [0.2, 0.25) is 5.91 Å². The Hall–Kier alpha value is -3.07. The predicted molar refractivity (Wildman–Crippen MR) is 135 cm³/mol. The first-order valence-electron chi connectivity index (χ1n) is 11.5. The lowest BCUT2D eigenvalue weighted by Crippen LogP contribution is -2.46. The molecule has 0 unspecified atom stereocenters. The van der Waals surface area contributed by atoms with Gasteiger partial charge in [-0.1, -0.05) is 35.9 Å². The van der Waals surface area contributed by atoms with Crippen LogP contribution in [0.3, 0.4) is 0 Å². The fourth-order valence-electron chi connectivity index (χ4n) is 3.87. The molecule has 186 valence electrons. The van der Waals surface area contributed by atoms with Crippen LogP contribution in [0.5, 0.6) is 0 Å². The number of para-hydroxylation sites is 2. The third-order valence-electron chi connectivity index (χ3n) is 5.84. The number of aliphatic hydroxyl groups is 2. The highest BCUT2D eigenvalue weighted by Gasteiger charge is 2.29. The number of benzene rings is 2. The number of carbonyl (C=O) groups is 2. The number of aromatic nitrogens is 2. The molecule has 3 aromatic rings. The second-order valence-corrected chi connectivity index (χ2v) is 9.85. The van der Waals surface area contributed by atoms with Crippen LogP contribution in [0.25, 0.3) is 11.0 Å². The number of rotatable bonds is 11. The number of nitrogens with one attached hydrogen (secondary N) is 1. The highest BCUT2D eigenvalue weighted by atomic mass is 35.5. The molecule has 0 radical (unpaired) electrons. The zero-order chi connectivity index (χ0) is 25.6. The van der Waals surface area contributed by atoms with Gasteiger partial charge in [0, 0.05) is 10.9 Å². The largest absolute Gasteiger partial charge is 0.391 e. The van der Waals surface area contributed by atoms with Gasteiger partial charge in [-0.25, -0.2) is 4.98 Å². The molecule has 2 aromatic carbocycles. The molecule has 0 fully saturated rings. The molecule has 3 atom stereocenters. The van der Waals surface area contributed by atoms with Gasteiger partial charge in [0.05, 0.1) is 35.0 Å². The minimum atomic E-state index is -1.09. The van der Waals surface area contributed by atoms with Crippen molar-refractivity contribution in [1.29, 1.82) is 0 Å². The van der Waals surface area contributed by atoms with Gasteiger partial charge in [0.15, 0.2) is 0 Å². The molecule has 2 amide bonds. The summed E-state index contributed by atoms with van der Waals surface area (Å²) in [5.74, 6) is -1.74. The molecular formula is C26H31ClN4O4. The second kappa shape index (κ2) is 11.6. The van der Waals surface area contributed by atoms with Crippen LogP contribution in [-0.2, 0) is 11.2 Å². The molecule has 0 saturated heterocycles. The van der Waals surface area contributed by atoms with Crippen molar-refractivity contribution >= 4 is 34.4 Å². The van der Waals surface area contributed by atoms with E-state index in [4.69, 9.17) is 17.3 Å². The first-order valence-corrected chi connectivity index (χ1v) is 11.9. The average molecular weight is 499 g/mol. The van der Waals surface area contributed by atoms with E-state index in [1.807, 2.05) is 18.2 Å². The molecule has 3 rings (SSSR count). The molecule has 35 heavy (non-hydrogen) atoms. The van der Waals surface area contributed by atoms with E-state index in [0.717, 1.165) is 5.56 Å². The van der Waals surface area contributed by atoms with Gasteiger partial charge < -0.3 is 21.3 Å². The lowest BCUT2D eigenvalue weighted by atomic mass is 9.87. The highest BCUT2D eigenvalue weighted by molar-refractivity contribution is 6.30. The summed E-state index contributed by atoms with van der Waals surface area (Å²) in [6.07, 6.45) is 1.24. The first kappa shape index (κ1) is 26.5. The number of hydrogen-bond acceptors (Lipinski definition) is 6. The van der Waals surface area contributed by atoms with Gasteiger partial charge in [-0.2, -0.15) is 0 Å². The summed E-state index contributed by atoms with van der Waals surface area (Å²) >= 11 is 6.12. The Kier molecular flexibility index (Phi) is 8.77. The zero-order valence-corrected chi connectivity index (χ0v) is 20.6. The van der Waals surface area contributed by atoms with E-state index < -0.39 is 35.5 Å². The van der Waals surface area contributed by atoms with Crippen LogP contribution >= 0.6 is 11.6 Å². The summed E-state index contributed by atoms with van der Waals surface area (Å²) in [5, 5.41) is 24.5. The average Bonchev–Trinajstić information content (AvgIpc) is 2.80. The number of carbonyl (C=O) groups excluding carboxylic acids is 2. The summed E-state index contributed by atoms with van der Waals surface area (Å²) in [5.41, 5.74) is 6.76. The van der Waals surface area contributed by atoms with Crippen LogP contribution in [-0.4, -0.2) is 49.7 Å². The SMILES string of the molecule is CC(C)(O)CC[C@H](C[C@H](O)[C@H](Cc1cccc(Cl)c1)NC(=O)c1cnc2ccccc2n1)C(N)=O. The molecule has 5 N–H and O–H groups in total. The summed E-state index contributed by atoms with van der Waals surface area (Å²) < 4.78 is 0. The standard InChI is InChI=1S/C26H31ClN4O4/c1-26(2,35)11-10-17(24(28)33)14-23(32)21(13-16-6-5-7-18(27)12-16)31-25(34)22-15-29-19-8-3-4-9-20(19)30-22/h3-9,12,15,17,21,23,32,35H,10-11,13-14H2,1-2H3,(H2,28,33)(H,31,34)/t17-,21+,23+/m1/s1. The molecule has 0 aliphatic carbocycles. The number of nitrogens with zero attached hydrogens (tertiary/aromatic N) is 2. The van der Waals surface area contributed by atoms with E-state index in [2.05, 4.69) is 15.3 Å². The Morgan fingerprint density at radius 2 is 1.86 bits per heavy atom. The van der Waals surface area contributed by atoms with E-state index in [1.54, 1.807) is 44.2 Å². The van der Waals surface area contributed by atoms with Crippen molar-refractivity contribution in [1.82, 2.24) is 15.3 Å². The Balaban J connectivity index is 1.81. The number of hydrogen-bond donors (Lipinski definition) is 4. The van der Waals surface area contributed by atoms with Gasteiger partial charge in [-0.15, -0.1) is 0 Å². The van der Waals surface area contributed by atoms with E-state index in [9.17, 15) is 19.8 Å². The number of primary amides is 1. The van der Waals surface area contributed by atoms with E-state index in [-0.39, 0.29) is 18.5 Å². The van der Waals surface area contributed by atoms with Gasteiger partial charge in [0.25, 0.3) is 5.91 Å². The predicted octanol–water partition coefficient (Wildman–Crippen LogP) is 3.03. The van der Waals surface area contributed by atoms with Crippen LogP contribution in [0, 0.1) is 5.92 Å². The van der Waals surface area contributed by atoms with Crippen molar-refractivity contribution in [2.24, 2.45) is 11.7 Å². The molecular weight excluding hydrogens is 468 g/mol. The minimum absolute atomic E-state index is 0.0281. The smallest absolute Gasteiger partial charge is 0.271 e. The maximum atomic E-state index is 13.1. The Bertz CT molecular complexity index is 1180. The fraction of sp³-hybridized carbons (Fsp3) is 0.385. The van der Waals surface area contributed by atoms with E-state index in [1.165, 1.54) is 6.20 Å². The molecule has 0 aliphatic heterocycles.